The van der Waals surface area contributed by atoms with E-state index in [1.807, 2.05) is 18.2 Å². The number of methoxy groups -OCH3 is 1. The lowest BCUT2D eigenvalue weighted by atomic mass is 9.96. The average Bonchev–Trinajstić information content (AvgIpc) is 3.26. The van der Waals surface area contributed by atoms with Crippen molar-refractivity contribution < 1.29 is 23.4 Å². The predicted molar refractivity (Wildman–Crippen MR) is 156 cm³/mol. The standard InChI is InChI=1S/C31H26ClFN2O5S/c1-4-39-30(37)27-18(2)34-31-35(28(27)20-11-13-21(38-3)14-12-20)29(36)26(41-31)16-19-7-5-8-22(15-19)40-17-23-24(32)9-6-10-25(23)33/h5-16,28H,4,17H2,1-3H3/b26-16+/t28-/m1/s1. The first-order valence-corrected chi connectivity index (χ1v) is 14.0. The molecule has 1 aliphatic rings. The molecule has 41 heavy (non-hydrogen) atoms. The summed E-state index contributed by atoms with van der Waals surface area (Å²) in [5.41, 5.74) is 2.18. The van der Waals surface area contributed by atoms with E-state index in [-0.39, 0.29) is 29.4 Å². The van der Waals surface area contributed by atoms with E-state index in [1.165, 1.54) is 28.0 Å². The van der Waals surface area contributed by atoms with E-state index >= 15 is 0 Å². The van der Waals surface area contributed by atoms with Crippen molar-refractivity contribution in [2.75, 3.05) is 13.7 Å². The normalized spacial score (nSPS) is 14.9. The van der Waals surface area contributed by atoms with Crippen molar-refractivity contribution in [2.45, 2.75) is 26.5 Å². The summed E-state index contributed by atoms with van der Waals surface area (Å²) < 4.78 is 32.5. The van der Waals surface area contributed by atoms with Crippen LogP contribution in [0.2, 0.25) is 5.02 Å². The minimum absolute atomic E-state index is 0.0467. The second-order valence-electron chi connectivity index (χ2n) is 9.14. The summed E-state index contributed by atoms with van der Waals surface area (Å²) in [6.07, 6.45) is 1.74. The number of halogens is 2. The predicted octanol–water partition coefficient (Wildman–Crippen LogP) is 5.18. The highest BCUT2D eigenvalue weighted by Gasteiger charge is 2.33. The molecule has 1 atom stereocenters. The third-order valence-corrected chi connectivity index (χ3v) is 7.89. The second kappa shape index (κ2) is 12.1. The van der Waals surface area contributed by atoms with E-state index in [9.17, 15) is 14.0 Å². The summed E-state index contributed by atoms with van der Waals surface area (Å²) in [6, 6.07) is 18.1. The van der Waals surface area contributed by atoms with Crippen molar-refractivity contribution in [1.29, 1.82) is 0 Å². The molecule has 210 valence electrons. The lowest BCUT2D eigenvalue weighted by Crippen LogP contribution is -2.39. The Labute approximate surface area is 244 Å². The van der Waals surface area contributed by atoms with Gasteiger partial charge in [-0.05, 0) is 67.4 Å². The number of ether oxygens (including phenoxy) is 3. The molecule has 2 heterocycles. The highest BCUT2D eigenvalue weighted by atomic mass is 35.5. The number of rotatable bonds is 8. The molecule has 0 bridgehead atoms. The Bertz CT molecular complexity index is 1810. The van der Waals surface area contributed by atoms with Crippen LogP contribution in [0.25, 0.3) is 6.08 Å². The number of benzene rings is 3. The summed E-state index contributed by atoms with van der Waals surface area (Å²) in [5.74, 6) is 0.170. The molecule has 0 radical (unpaired) electrons. The molecule has 1 aromatic heterocycles. The van der Waals surface area contributed by atoms with Crippen molar-refractivity contribution >= 4 is 35.0 Å². The van der Waals surface area contributed by atoms with Crippen LogP contribution in [0, 0.1) is 5.82 Å². The smallest absolute Gasteiger partial charge is 0.338 e. The van der Waals surface area contributed by atoms with Gasteiger partial charge in [0.15, 0.2) is 4.80 Å². The van der Waals surface area contributed by atoms with E-state index in [4.69, 9.17) is 25.8 Å². The first kappa shape index (κ1) is 28.3. The molecule has 0 aliphatic carbocycles. The number of esters is 1. The SMILES string of the molecule is CCOC(=O)C1=C(C)N=c2s/c(=C/c3cccc(OCc4c(F)cccc4Cl)c3)c(=O)n2[C@@H]1c1ccc(OC)cc1. The van der Waals surface area contributed by atoms with Gasteiger partial charge in [0.2, 0.25) is 0 Å². The highest BCUT2D eigenvalue weighted by Crippen LogP contribution is 2.31. The van der Waals surface area contributed by atoms with Gasteiger partial charge in [-0.2, -0.15) is 0 Å². The lowest BCUT2D eigenvalue weighted by Gasteiger charge is -2.24. The molecule has 0 N–H and O–H groups in total. The molecule has 0 saturated heterocycles. The fourth-order valence-electron chi connectivity index (χ4n) is 4.56. The Morgan fingerprint density at radius 1 is 1.12 bits per heavy atom. The molecule has 10 heteroatoms. The molecular formula is C31H26ClFN2O5S. The molecule has 0 spiro atoms. The van der Waals surface area contributed by atoms with Crippen molar-refractivity contribution in [3.63, 3.8) is 0 Å². The zero-order valence-electron chi connectivity index (χ0n) is 22.5. The molecule has 4 aromatic rings. The maximum Gasteiger partial charge on any atom is 0.338 e. The number of hydrogen-bond acceptors (Lipinski definition) is 7. The van der Waals surface area contributed by atoms with Crippen LogP contribution in [-0.2, 0) is 16.1 Å². The van der Waals surface area contributed by atoms with Crippen LogP contribution < -0.4 is 24.4 Å². The van der Waals surface area contributed by atoms with Crippen LogP contribution in [-0.4, -0.2) is 24.3 Å². The van der Waals surface area contributed by atoms with E-state index in [0.29, 0.717) is 37.7 Å². The monoisotopic (exact) mass is 592 g/mol. The van der Waals surface area contributed by atoms with Gasteiger partial charge < -0.3 is 14.2 Å². The summed E-state index contributed by atoms with van der Waals surface area (Å²) in [6.45, 7) is 3.61. The zero-order valence-corrected chi connectivity index (χ0v) is 24.1. The third kappa shape index (κ3) is 5.82. The molecule has 0 unspecified atom stereocenters. The van der Waals surface area contributed by atoms with Crippen LogP contribution in [0.1, 0.15) is 36.6 Å². The Morgan fingerprint density at radius 3 is 2.59 bits per heavy atom. The molecule has 1 aliphatic heterocycles. The molecular weight excluding hydrogens is 567 g/mol. The minimum atomic E-state index is -0.724. The van der Waals surface area contributed by atoms with Gasteiger partial charge in [0.25, 0.3) is 5.56 Å². The summed E-state index contributed by atoms with van der Waals surface area (Å²) in [7, 11) is 1.57. The first-order valence-electron chi connectivity index (χ1n) is 12.8. The van der Waals surface area contributed by atoms with Crippen LogP contribution >= 0.6 is 22.9 Å². The van der Waals surface area contributed by atoms with E-state index in [0.717, 1.165) is 5.56 Å². The van der Waals surface area contributed by atoms with Crippen molar-refractivity contribution in [2.24, 2.45) is 4.99 Å². The molecule has 7 nitrogen and oxygen atoms in total. The number of thiazole rings is 1. The largest absolute Gasteiger partial charge is 0.497 e. The summed E-state index contributed by atoms with van der Waals surface area (Å²) in [4.78, 5) is 31.9. The maximum absolute atomic E-state index is 14.2. The topological polar surface area (TPSA) is 79.1 Å². The fraction of sp³-hybridized carbons (Fsp3) is 0.194. The number of aromatic nitrogens is 1. The molecule has 0 saturated carbocycles. The van der Waals surface area contributed by atoms with Crippen LogP contribution in [0.3, 0.4) is 0 Å². The number of nitrogens with zero attached hydrogens (tertiary/aromatic N) is 2. The van der Waals surface area contributed by atoms with Gasteiger partial charge in [-0.15, -0.1) is 0 Å². The first-order chi connectivity index (χ1) is 19.8. The Morgan fingerprint density at radius 2 is 1.88 bits per heavy atom. The van der Waals surface area contributed by atoms with Crippen LogP contribution in [0.5, 0.6) is 11.5 Å². The van der Waals surface area contributed by atoms with E-state index < -0.39 is 17.8 Å². The van der Waals surface area contributed by atoms with Gasteiger partial charge in [0, 0.05) is 5.56 Å². The van der Waals surface area contributed by atoms with Gasteiger partial charge in [0.05, 0.1) is 40.6 Å². The number of hydrogen-bond donors (Lipinski definition) is 0. The van der Waals surface area contributed by atoms with Crippen molar-refractivity contribution in [3.05, 3.63) is 125 Å². The zero-order chi connectivity index (χ0) is 29.1. The van der Waals surface area contributed by atoms with Gasteiger partial charge in [-0.3, -0.25) is 9.36 Å². The number of carbonyl (C=O) groups is 1. The quantitative estimate of drug-likeness (QED) is 0.264. The van der Waals surface area contributed by atoms with Crippen LogP contribution in [0.15, 0.2) is 87.8 Å². The van der Waals surface area contributed by atoms with Crippen molar-refractivity contribution in [1.82, 2.24) is 4.57 Å². The highest BCUT2D eigenvalue weighted by molar-refractivity contribution is 7.07. The Kier molecular flexibility index (Phi) is 8.37. The molecule has 0 amide bonds. The number of fused-ring (bicyclic) bond motifs is 1. The fourth-order valence-corrected chi connectivity index (χ4v) is 5.83. The van der Waals surface area contributed by atoms with Gasteiger partial charge >= 0.3 is 5.97 Å². The summed E-state index contributed by atoms with van der Waals surface area (Å²) in [5, 5.41) is 0.283. The van der Waals surface area contributed by atoms with Gasteiger partial charge in [-0.25, -0.2) is 14.2 Å². The van der Waals surface area contributed by atoms with Gasteiger partial charge in [-0.1, -0.05) is 53.3 Å². The molecule has 0 fully saturated rings. The van der Waals surface area contributed by atoms with Crippen LogP contribution in [0.4, 0.5) is 4.39 Å². The molecule has 3 aromatic carbocycles. The number of carbonyl (C=O) groups excluding carboxylic acids is 1. The Hall–Kier alpha value is -4.21. The van der Waals surface area contributed by atoms with E-state index in [2.05, 4.69) is 4.99 Å². The maximum atomic E-state index is 14.2. The van der Waals surface area contributed by atoms with E-state index in [1.54, 1.807) is 63.4 Å². The Balaban J connectivity index is 1.54. The summed E-state index contributed by atoms with van der Waals surface area (Å²) >= 11 is 7.34. The molecule has 5 rings (SSSR count). The van der Waals surface area contributed by atoms with Gasteiger partial charge in [0.1, 0.15) is 23.9 Å². The number of allylic oxidation sites excluding steroid dienone is 1. The lowest BCUT2D eigenvalue weighted by molar-refractivity contribution is -0.139. The third-order valence-electron chi connectivity index (χ3n) is 6.55. The van der Waals surface area contributed by atoms with Crippen molar-refractivity contribution in [3.8, 4) is 11.5 Å². The average molecular weight is 593 g/mol. The minimum Gasteiger partial charge on any atom is -0.497 e. The second-order valence-corrected chi connectivity index (χ2v) is 10.6.